The highest BCUT2D eigenvalue weighted by Crippen LogP contribution is 2.27. The first-order chi connectivity index (χ1) is 7.29. The topological polar surface area (TPSA) is 60.2 Å². The normalized spacial score (nSPS) is 14.0. The third kappa shape index (κ3) is 4.23. The zero-order valence-electron chi connectivity index (χ0n) is 9.99. The lowest BCUT2D eigenvalue weighted by Gasteiger charge is -2.08. The molecule has 1 unspecified atom stereocenters. The summed E-state index contributed by atoms with van der Waals surface area (Å²) in [6.07, 6.45) is 2.63. The molecule has 0 aliphatic heterocycles. The Morgan fingerprint density at radius 2 is 2.06 bits per heavy atom. The Kier molecular flexibility index (Phi) is 4.52. The minimum absolute atomic E-state index is 0.0286. The number of sulfone groups is 1. The van der Waals surface area contributed by atoms with Crippen LogP contribution in [0.15, 0.2) is 6.07 Å². The SMILES string of the molecule is Cc1cc(C(N)CCCS(C)(=O)=O)sc1C. The Balaban J connectivity index is 2.50. The molecule has 0 radical (unpaired) electrons. The summed E-state index contributed by atoms with van der Waals surface area (Å²) in [5.41, 5.74) is 7.28. The quantitative estimate of drug-likeness (QED) is 0.884. The van der Waals surface area contributed by atoms with Gasteiger partial charge in [-0.2, -0.15) is 0 Å². The van der Waals surface area contributed by atoms with Crippen molar-refractivity contribution in [2.24, 2.45) is 5.73 Å². The first-order valence-electron chi connectivity index (χ1n) is 5.30. The molecular weight excluding hydrogens is 242 g/mol. The highest BCUT2D eigenvalue weighted by molar-refractivity contribution is 7.90. The second kappa shape index (κ2) is 5.29. The van der Waals surface area contributed by atoms with Gasteiger partial charge in [0.1, 0.15) is 9.84 Å². The largest absolute Gasteiger partial charge is 0.323 e. The molecule has 0 aromatic carbocycles. The first kappa shape index (κ1) is 13.7. The second-order valence-corrected chi connectivity index (χ2v) is 7.81. The zero-order chi connectivity index (χ0) is 12.3. The molecule has 0 aliphatic rings. The summed E-state index contributed by atoms with van der Waals surface area (Å²) in [5, 5.41) is 0. The van der Waals surface area contributed by atoms with E-state index in [1.165, 1.54) is 16.7 Å². The van der Waals surface area contributed by atoms with Crippen molar-refractivity contribution in [3.05, 3.63) is 21.4 Å². The summed E-state index contributed by atoms with van der Waals surface area (Å²) < 4.78 is 21.9. The van der Waals surface area contributed by atoms with Crippen molar-refractivity contribution in [2.75, 3.05) is 12.0 Å². The van der Waals surface area contributed by atoms with E-state index in [4.69, 9.17) is 5.73 Å². The third-order valence-electron chi connectivity index (χ3n) is 2.58. The van der Waals surface area contributed by atoms with Crippen molar-refractivity contribution < 1.29 is 8.42 Å². The van der Waals surface area contributed by atoms with Gasteiger partial charge in [0.25, 0.3) is 0 Å². The van der Waals surface area contributed by atoms with Gasteiger partial charge in [-0.15, -0.1) is 11.3 Å². The van der Waals surface area contributed by atoms with E-state index in [1.54, 1.807) is 11.3 Å². The van der Waals surface area contributed by atoms with Crippen LogP contribution in [0.5, 0.6) is 0 Å². The molecule has 0 saturated heterocycles. The summed E-state index contributed by atoms with van der Waals surface area (Å²) >= 11 is 1.71. The predicted molar refractivity (Wildman–Crippen MR) is 69.7 cm³/mol. The second-order valence-electron chi connectivity index (χ2n) is 4.27. The van der Waals surface area contributed by atoms with Crippen LogP contribution in [0.2, 0.25) is 0 Å². The fraction of sp³-hybridized carbons (Fsp3) is 0.636. The predicted octanol–water partition coefficient (Wildman–Crippen LogP) is 2.19. The minimum Gasteiger partial charge on any atom is -0.323 e. The Morgan fingerprint density at radius 1 is 1.44 bits per heavy atom. The molecule has 0 aliphatic carbocycles. The zero-order valence-corrected chi connectivity index (χ0v) is 11.6. The van der Waals surface area contributed by atoms with Crippen LogP contribution in [0.25, 0.3) is 0 Å². The fourth-order valence-corrected chi connectivity index (χ4v) is 3.26. The first-order valence-corrected chi connectivity index (χ1v) is 8.17. The average molecular weight is 261 g/mol. The Bertz CT molecular complexity index is 429. The molecule has 3 nitrogen and oxygen atoms in total. The van der Waals surface area contributed by atoms with Crippen molar-refractivity contribution in [3.63, 3.8) is 0 Å². The summed E-state index contributed by atoms with van der Waals surface area (Å²) in [6, 6.07) is 2.07. The van der Waals surface area contributed by atoms with Gasteiger partial charge in [0.05, 0.1) is 0 Å². The van der Waals surface area contributed by atoms with E-state index in [-0.39, 0.29) is 11.8 Å². The van der Waals surface area contributed by atoms with Gasteiger partial charge >= 0.3 is 0 Å². The standard InChI is InChI=1S/C11H19NO2S2/c1-8-7-11(15-9(8)2)10(12)5-4-6-16(3,13)14/h7,10H,4-6,12H2,1-3H3. The lowest BCUT2D eigenvalue weighted by molar-refractivity contribution is 0.589. The van der Waals surface area contributed by atoms with Gasteiger partial charge in [-0.3, -0.25) is 0 Å². The minimum atomic E-state index is -2.86. The molecule has 2 N–H and O–H groups in total. The maximum Gasteiger partial charge on any atom is 0.147 e. The Morgan fingerprint density at radius 3 is 2.50 bits per heavy atom. The van der Waals surface area contributed by atoms with Crippen LogP contribution in [-0.2, 0) is 9.84 Å². The summed E-state index contributed by atoms with van der Waals surface area (Å²) in [7, 11) is -2.86. The van der Waals surface area contributed by atoms with Crippen LogP contribution in [0, 0.1) is 13.8 Å². The Labute approximate surface area is 102 Å². The number of hydrogen-bond donors (Lipinski definition) is 1. The van der Waals surface area contributed by atoms with Crippen LogP contribution in [0.1, 0.15) is 34.2 Å². The molecule has 1 aromatic heterocycles. The molecule has 1 rings (SSSR count). The van der Waals surface area contributed by atoms with E-state index in [1.807, 2.05) is 0 Å². The molecule has 1 atom stereocenters. The summed E-state index contributed by atoms with van der Waals surface area (Å²) in [5.74, 6) is 0.226. The fourth-order valence-electron chi connectivity index (χ4n) is 1.49. The van der Waals surface area contributed by atoms with Gasteiger partial charge in [-0.05, 0) is 38.3 Å². The molecule has 92 valence electrons. The van der Waals surface area contributed by atoms with E-state index in [9.17, 15) is 8.42 Å². The summed E-state index contributed by atoms with van der Waals surface area (Å²) in [6.45, 7) is 4.14. The molecule has 0 fully saturated rings. The highest BCUT2D eigenvalue weighted by Gasteiger charge is 2.11. The smallest absolute Gasteiger partial charge is 0.147 e. The van der Waals surface area contributed by atoms with Gasteiger partial charge in [0.15, 0.2) is 0 Å². The maximum atomic E-state index is 11.0. The van der Waals surface area contributed by atoms with Crippen molar-refractivity contribution >= 4 is 21.2 Å². The number of aryl methyl sites for hydroxylation is 2. The highest BCUT2D eigenvalue weighted by atomic mass is 32.2. The van der Waals surface area contributed by atoms with E-state index >= 15 is 0 Å². The van der Waals surface area contributed by atoms with Gasteiger partial charge in [0.2, 0.25) is 0 Å². The van der Waals surface area contributed by atoms with Crippen molar-refractivity contribution in [1.82, 2.24) is 0 Å². The van der Waals surface area contributed by atoms with Gasteiger partial charge in [-0.1, -0.05) is 0 Å². The average Bonchev–Trinajstić information content (AvgIpc) is 2.45. The van der Waals surface area contributed by atoms with Crippen LogP contribution >= 0.6 is 11.3 Å². The summed E-state index contributed by atoms with van der Waals surface area (Å²) in [4.78, 5) is 2.44. The number of hydrogen-bond acceptors (Lipinski definition) is 4. The van der Waals surface area contributed by atoms with E-state index in [2.05, 4.69) is 19.9 Å². The van der Waals surface area contributed by atoms with Crippen molar-refractivity contribution in [1.29, 1.82) is 0 Å². The molecule has 1 aromatic rings. The molecule has 0 amide bonds. The molecule has 0 spiro atoms. The number of nitrogens with two attached hydrogens (primary N) is 1. The number of rotatable bonds is 5. The molecule has 5 heteroatoms. The Hall–Kier alpha value is -0.390. The monoisotopic (exact) mass is 261 g/mol. The van der Waals surface area contributed by atoms with Crippen molar-refractivity contribution in [2.45, 2.75) is 32.7 Å². The van der Waals surface area contributed by atoms with E-state index < -0.39 is 9.84 Å². The maximum absolute atomic E-state index is 11.0. The van der Waals surface area contributed by atoms with Crippen molar-refractivity contribution in [3.8, 4) is 0 Å². The van der Waals surface area contributed by atoms with Crippen LogP contribution < -0.4 is 5.73 Å². The van der Waals surface area contributed by atoms with Crippen LogP contribution in [-0.4, -0.2) is 20.4 Å². The molecule has 0 saturated carbocycles. The number of thiophene rings is 1. The lowest BCUT2D eigenvalue weighted by atomic mass is 10.1. The van der Waals surface area contributed by atoms with E-state index in [0.29, 0.717) is 6.42 Å². The molecular formula is C11H19NO2S2. The lowest BCUT2D eigenvalue weighted by Crippen LogP contribution is -2.11. The molecule has 0 bridgehead atoms. The third-order valence-corrected chi connectivity index (χ3v) is 4.90. The van der Waals surface area contributed by atoms with Crippen LogP contribution in [0.3, 0.4) is 0 Å². The molecule has 16 heavy (non-hydrogen) atoms. The van der Waals surface area contributed by atoms with Crippen LogP contribution in [0.4, 0.5) is 0 Å². The van der Waals surface area contributed by atoms with Gasteiger partial charge in [-0.25, -0.2) is 8.42 Å². The van der Waals surface area contributed by atoms with E-state index in [0.717, 1.165) is 11.3 Å². The van der Waals surface area contributed by atoms with Gasteiger partial charge in [0, 0.05) is 27.8 Å². The molecule has 1 heterocycles. The van der Waals surface area contributed by atoms with Gasteiger partial charge < -0.3 is 5.73 Å².